The lowest BCUT2D eigenvalue weighted by Gasteiger charge is -2.29. The molecule has 2 rings (SSSR count). The van der Waals surface area contributed by atoms with Gasteiger partial charge in [-0.25, -0.2) is 0 Å². The number of rotatable bonds is 1. The molecule has 2 heterocycles. The van der Waals surface area contributed by atoms with Gasteiger partial charge in [0.15, 0.2) is 0 Å². The van der Waals surface area contributed by atoms with Gasteiger partial charge in [0.1, 0.15) is 0 Å². The van der Waals surface area contributed by atoms with Gasteiger partial charge in [0.2, 0.25) is 0 Å². The third kappa shape index (κ3) is 2.92. The molecule has 19 heavy (non-hydrogen) atoms. The molecule has 1 amide bonds. The summed E-state index contributed by atoms with van der Waals surface area (Å²) in [5, 5.41) is 0. The first-order valence-electron chi connectivity index (χ1n) is 5.22. The summed E-state index contributed by atoms with van der Waals surface area (Å²) < 4.78 is 58.5. The molecular weight excluding hydrogens is 285 g/mol. The number of pyridine rings is 1. The molecule has 1 atom stereocenters. The van der Waals surface area contributed by atoms with Gasteiger partial charge in [-0.3, -0.25) is 14.0 Å². The van der Waals surface area contributed by atoms with E-state index >= 15 is 0 Å². The van der Waals surface area contributed by atoms with Gasteiger partial charge in [-0.05, 0) is 22.7 Å². The molecule has 1 aliphatic heterocycles. The summed E-state index contributed by atoms with van der Waals surface area (Å²) in [4.78, 5) is 15.5. The Balaban J connectivity index is 2.25. The monoisotopic (exact) mass is 293 g/mol. The van der Waals surface area contributed by atoms with Crippen molar-refractivity contribution >= 4 is 17.0 Å². The summed E-state index contributed by atoms with van der Waals surface area (Å²) >= 11 is -2.50. The summed E-state index contributed by atoms with van der Waals surface area (Å²) in [7, 11) is 0. The Labute approximate surface area is 108 Å². The highest BCUT2D eigenvalue weighted by atomic mass is 32.2. The SMILES string of the molecule is O=C(N1CCc2ncc(S(=O)[O-])cc2C1)C(F)(F)F. The average molecular weight is 293 g/mol. The van der Waals surface area contributed by atoms with Crippen molar-refractivity contribution in [3.8, 4) is 0 Å². The van der Waals surface area contributed by atoms with Gasteiger partial charge in [-0.1, -0.05) is 0 Å². The summed E-state index contributed by atoms with van der Waals surface area (Å²) in [6.07, 6.45) is -3.62. The number of carbonyl (C=O) groups excluding carboxylic acids is 1. The maximum atomic E-state index is 12.3. The fraction of sp³-hybridized carbons (Fsp3) is 0.400. The van der Waals surface area contributed by atoms with Gasteiger partial charge in [-0.15, -0.1) is 0 Å². The second kappa shape index (κ2) is 4.89. The number of hydrogen-bond donors (Lipinski definition) is 0. The van der Waals surface area contributed by atoms with Crippen LogP contribution in [-0.4, -0.2) is 37.3 Å². The van der Waals surface area contributed by atoms with Crippen LogP contribution in [0.3, 0.4) is 0 Å². The van der Waals surface area contributed by atoms with E-state index < -0.39 is 23.2 Å². The summed E-state index contributed by atoms with van der Waals surface area (Å²) in [6.45, 7) is -0.371. The van der Waals surface area contributed by atoms with Crippen molar-refractivity contribution < 1.29 is 26.7 Å². The van der Waals surface area contributed by atoms with E-state index in [1.54, 1.807) is 0 Å². The van der Waals surface area contributed by atoms with Gasteiger partial charge in [0, 0.05) is 36.3 Å². The topological polar surface area (TPSA) is 73.3 Å². The molecule has 0 bridgehead atoms. The Morgan fingerprint density at radius 2 is 2.16 bits per heavy atom. The Morgan fingerprint density at radius 3 is 2.74 bits per heavy atom. The lowest BCUT2D eigenvalue weighted by Crippen LogP contribution is -2.43. The van der Waals surface area contributed by atoms with E-state index in [1.807, 2.05) is 0 Å². The average Bonchev–Trinajstić information content (AvgIpc) is 2.35. The highest BCUT2D eigenvalue weighted by Gasteiger charge is 2.43. The van der Waals surface area contributed by atoms with E-state index in [1.165, 1.54) is 6.07 Å². The molecule has 0 aliphatic carbocycles. The molecule has 0 saturated carbocycles. The zero-order chi connectivity index (χ0) is 14.2. The zero-order valence-corrected chi connectivity index (χ0v) is 10.3. The Kier molecular flexibility index (Phi) is 3.59. The number of nitrogens with zero attached hydrogens (tertiary/aromatic N) is 2. The van der Waals surface area contributed by atoms with Crippen LogP contribution in [0.4, 0.5) is 13.2 Å². The fourth-order valence-electron chi connectivity index (χ4n) is 1.85. The van der Waals surface area contributed by atoms with Gasteiger partial charge >= 0.3 is 12.1 Å². The van der Waals surface area contributed by atoms with Crippen LogP contribution in [-0.2, 0) is 28.8 Å². The predicted octanol–water partition coefficient (Wildman–Crippen LogP) is 0.767. The van der Waals surface area contributed by atoms with E-state index in [-0.39, 0.29) is 24.4 Å². The Hall–Kier alpha value is -1.48. The Bertz CT molecular complexity index is 547. The largest absolute Gasteiger partial charge is 0.768 e. The van der Waals surface area contributed by atoms with Crippen LogP contribution in [0.5, 0.6) is 0 Å². The second-order valence-corrected chi connectivity index (χ2v) is 4.93. The van der Waals surface area contributed by atoms with Gasteiger partial charge in [0.25, 0.3) is 0 Å². The van der Waals surface area contributed by atoms with Crippen LogP contribution in [0, 0.1) is 0 Å². The van der Waals surface area contributed by atoms with E-state index in [2.05, 4.69) is 4.98 Å². The standard InChI is InChI=1S/C10H9F3N2O3S/c11-10(12,13)9(16)15-2-1-8-6(5-15)3-7(4-14-8)19(17)18/h3-4H,1-2,5H2,(H,17,18)/p-1. The molecule has 9 heteroatoms. The molecule has 0 saturated heterocycles. The number of fused-ring (bicyclic) bond motifs is 1. The van der Waals surface area contributed by atoms with Crippen molar-refractivity contribution in [2.75, 3.05) is 6.54 Å². The van der Waals surface area contributed by atoms with Crippen LogP contribution >= 0.6 is 0 Å². The van der Waals surface area contributed by atoms with Crippen molar-refractivity contribution in [1.29, 1.82) is 0 Å². The normalized spacial score (nSPS) is 16.9. The van der Waals surface area contributed by atoms with E-state index in [9.17, 15) is 26.7 Å². The molecule has 0 radical (unpaired) electrons. The van der Waals surface area contributed by atoms with Crippen molar-refractivity contribution in [2.45, 2.75) is 24.0 Å². The maximum Gasteiger partial charge on any atom is 0.471 e. The van der Waals surface area contributed by atoms with Gasteiger partial charge in [0.05, 0.1) is 0 Å². The predicted molar refractivity (Wildman–Crippen MR) is 56.6 cm³/mol. The minimum Gasteiger partial charge on any atom is -0.768 e. The maximum absolute atomic E-state index is 12.3. The zero-order valence-electron chi connectivity index (χ0n) is 9.44. The first-order valence-corrected chi connectivity index (χ1v) is 6.29. The molecule has 0 spiro atoms. The molecule has 0 aromatic carbocycles. The van der Waals surface area contributed by atoms with E-state index in [0.29, 0.717) is 16.2 Å². The lowest BCUT2D eigenvalue weighted by atomic mass is 10.1. The highest BCUT2D eigenvalue weighted by molar-refractivity contribution is 7.79. The molecule has 0 fully saturated rings. The van der Waals surface area contributed by atoms with Crippen LogP contribution in [0.15, 0.2) is 17.2 Å². The molecule has 1 aromatic heterocycles. The number of aromatic nitrogens is 1. The molecular formula is C10H8F3N2O3S-. The van der Waals surface area contributed by atoms with Crippen LogP contribution in [0.2, 0.25) is 0 Å². The number of alkyl halides is 3. The quantitative estimate of drug-likeness (QED) is 0.717. The highest BCUT2D eigenvalue weighted by Crippen LogP contribution is 2.24. The summed E-state index contributed by atoms with van der Waals surface area (Å²) in [5.74, 6) is -1.92. The number of hydrogen-bond acceptors (Lipinski definition) is 4. The molecule has 1 aliphatic rings. The van der Waals surface area contributed by atoms with Crippen LogP contribution in [0.1, 0.15) is 11.3 Å². The Morgan fingerprint density at radius 1 is 1.47 bits per heavy atom. The fourth-order valence-corrected chi connectivity index (χ4v) is 2.23. The minimum atomic E-state index is -4.93. The number of halogens is 3. The third-order valence-electron chi connectivity index (χ3n) is 2.74. The van der Waals surface area contributed by atoms with Gasteiger partial charge in [-0.2, -0.15) is 13.2 Å². The molecule has 1 unspecified atom stereocenters. The van der Waals surface area contributed by atoms with Crippen molar-refractivity contribution in [2.24, 2.45) is 0 Å². The minimum absolute atomic E-state index is 0.0852. The van der Waals surface area contributed by atoms with Crippen LogP contribution < -0.4 is 0 Å². The summed E-state index contributed by atoms with van der Waals surface area (Å²) in [5.41, 5.74) is 0.839. The second-order valence-electron chi connectivity index (χ2n) is 3.99. The summed E-state index contributed by atoms with van der Waals surface area (Å²) in [6, 6.07) is 1.24. The van der Waals surface area contributed by atoms with Crippen molar-refractivity contribution in [3.63, 3.8) is 0 Å². The number of carbonyl (C=O) groups is 1. The molecule has 0 N–H and O–H groups in total. The van der Waals surface area contributed by atoms with E-state index in [0.717, 1.165) is 6.20 Å². The third-order valence-corrected chi connectivity index (χ3v) is 3.34. The first kappa shape index (κ1) is 13.9. The van der Waals surface area contributed by atoms with Crippen molar-refractivity contribution in [1.82, 2.24) is 9.88 Å². The molecule has 1 aromatic rings. The smallest absolute Gasteiger partial charge is 0.471 e. The van der Waals surface area contributed by atoms with E-state index in [4.69, 9.17) is 0 Å². The number of amides is 1. The van der Waals surface area contributed by atoms with Crippen LogP contribution in [0.25, 0.3) is 0 Å². The van der Waals surface area contributed by atoms with Crippen molar-refractivity contribution in [3.05, 3.63) is 23.5 Å². The first-order chi connectivity index (χ1) is 8.79. The molecule has 5 nitrogen and oxygen atoms in total. The molecule has 104 valence electrons. The van der Waals surface area contributed by atoms with Gasteiger partial charge < -0.3 is 9.45 Å². The lowest BCUT2D eigenvalue weighted by molar-refractivity contribution is -0.186.